The van der Waals surface area contributed by atoms with Gasteiger partial charge in [0, 0.05) is 0 Å². The summed E-state index contributed by atoms with van der Waals surface area (Å²) in [5, 5.41) is 10.0. The van der Waals surface area contributed by atoms with Crippen LogP contribution in [0.1, 0.15) is 54.4 Å². The predicted molar refractivity (Wildman–Crippen MR) is 61.1 cm³/mol. The van der Waals surface area contributed by atoms with Gasteiger partial charge in [0.2, 0.25) is 0 Å². The third kappa shape index (κ3) is 2.31. The lowest BCUT2D eigenvalue weighted by Gasteiger charge is -2.48. The molecular weight excluding hydrogens is 172 g/mol. The van der Waals surface area contributed by atoms with Gasteiger partial charge in [-0.3, -0.25) is 0 Å². The van der Waals surface area contributed by atoms with Crippen molar-refractivity contribution in [2.45, 2.75) is 60.5 Å². The Morgan fingerprint density at radius 1 is 1.21 bits per heavy atom. The highest BCUT2D eigenvalue weighted by atomic mass is 16.3. The minimum absolute atomic E-state index is 0.108. The van der Waals surface area contributed by atoms with Crippen LogP contribution in [0.25, 0.3) is 0 Å². The van der Waals surface area contributed by atoms with E-state index < -0.39 is 0 Å². The first-order valence-corrected chi connectivity index (χ1v) is 5.82. The molecule has 0 aromatic heterocycles. The second kappa shape index (κ2) is 3.52. The molecule has 1 heteroatoms. The van der Waals surface area contributed by atoms with E-state index >= 15 is 0 Å². The normalized spacial score (nSPS) is 38.4. The first kappa shape index (κ1) is 12.0. The summed E-state index contributed by atoms with van der Waals surface area (Å²) in [5.41, 5.74) is 0.619. The van der Waals surface area contributed by atoms with Crippen LogP contribution in [-0.4, -0.2) is 11.2 Å². The molecule has 84 valence electrons. The molecule has 3 unspecified atom stereocenters. The van der Waals surface area contributed by atoms with Crippen molar-refractivity contribution in [2.24, 2.45) is 22.7 Å². The van der Waals surface area contributed by atoms with Crippen LogP contribution in [0.5, 0.6) is 0 Å². The molecule has 0 amide bonds. The summed E-state index contributed by atoms with van der Waals surface area (Å²) in [4.78, 5) is 0. The van der Waals surface area contributed by atoms with Gasteiger partial charge in [-0.1, -0.05) is 41.5 Å². The molecule has 0 heterocycles. The van der Waals surface area contributed by atoms with Gasteiger partial charge in [0.1, 0.15) is 0 Å². The molecule has 1 aliphatic rings. The van der Waals surface area contributed by atoms with Crippen molar-refractivity contribution in [3.05, 3.63) is 0 Å². The van der Waals surface area contributed by atoms with Crippen LogP contribution in [-0.2, 0) is 0 Å². The fraction of sp³-hybridized carbons (Fsp3) is 1.00. The Bertz CT molecular complexity index is 200. The van der Waals surface area contributed by atoms with Crippen LogP contribution in [0.3, 0.4) is 0 Å². The smallest absolute Gasteiger partial charge is 0.0573 e. The highest BCUT2D eigenvalue weighted by Crippen LogP contribution is 2.48. The molecule has 0 bridgehead atoms. The maximum atomic E-state index is 10.0. The van der Waals surface area contributed by atoms with Gasteiger partial charge in [0.15, 0.2) is 0 Å². The van der Waals surface area contributed by atoms with Gasteiger partial charge in [-0.05, 0) is 35.5 Å². The molecule has 1 nitrogen and oxygen atoms in total. The average molecular weight is 198 g/mol. The molecule has 0 saturated heterocycles. The minimum atomic E-state index is -0.108. The van der Waals surface area contributed by atoms with E-state index in [1.54, 1.807) is 0 Å². The third-order valence-electron chi connectivity index (χ3n) is 4.33. The molecule has 0 aromatic rings. The Kier molecular flexibility index (Phi) is 3.02. The number of aliphatic hydroxyl groups is 1. The zero-order valence-electron chi connectivity index (χ0n) is 10.6. The molecule has 0 aliphatic heterocycles. The van der Waals surface area contributed by atoms with Gasteiger partial charge < -0.3 is 5.11 Å². The van der Waals surface area contributed by atoms with Crippen molar-refractivity contribution < 1.29 is 5.11 Å². The van der Waals surface area contributed by atoms with Gasteiger partial charge in [0.25, 0.3) is 0 Å². The van der Waals surface area contributed by atoms with Crippen LogP contribution in [0.2, 0.25) is 0 Å². The third-order valence-corrected chi connectivity index (χ3v) is 4.33. The summed E-state index contributed by atoms with van der Waals surface area (Å²) < 4.78 is 0. The van der Waals surface area contributed by atoms with Crippen molar-refractivity contribution in [3.8, 4) is 0 Å². The fourth-order valence-electron chi connectivity index (χ4n) is 2.58. The fourth-order valence-corrected chi connectivity index (χ4v) is 2.58. The average Bonchev–Trinajstić information content (AvgIpc) is 1.97. The minimum Gasteiger partial charge on any atom is -0.393 e. The lowest BCUT2D eigenvalue weighted by Crippen LogP contribution is -2.43. The molecule has 1 fully saturated rings. The van der Waals surface area contributed by atoms with Crippen molar-refractivity contribution in [3.63, 3.8) is 0 Å². The van der Waals surface area contributed by atoms with Crippen LogP contribution < -0.4 is 0 Å². The molecule has 1 saturated carbocycles. The molecule has 14 heavy (non-hydrogen) atoms. The number of hydrogen-bond acceptors (Lipinski definition) is 1. The quantitative estimate of drug-likeness (QED) is 0.632. The zero-order chi connectivity index (χ0) is 11.1. The molecule has 0 spiro atoms. The van der Waals surface area contributed by atoms with Gasteiger partial charge in [0.05, 0.1) is 6.10 Å². The highest BCUT2D eigenvalue weighted by molar-refractivity contribution is 4.93. The first-order chi connectivity index (χ1) is 6.14. The molecule has 3 atom stereocenters. The van der Waals surface area contributed by atoms with Crippen molar-refractivity contribution in [1.82, 2.24) is 0 Å². The number of hydrogen-bond donors (Lipinski definition) is 1. The first-order valence-electron chi connectivity index (χ1n) is 5.82. The maximum Gasteiger partial charge on any atom is 0.0573 e. The Labute approximate surface area is 88.9 Å². The predicted octanol–water partition coefficient (Wildman–Crippen LogP) is 3.47. The lowest BCUT2D eigenvalue weighted by atomic mass is 9.59. The summed E-state index contributed by atoms with van der Waals surface area (Å²) in [6.07, 6.45) is 2.12. The van der Waals surface area contributed by atoms with Gasteiger partial charge in [-0.25, -0.2) is 0 Å². The van der Waals surface area contributed by atoms with Crippen LogP contribution in [0.15, 0.2) is 0 Å². The second-order valence-corrected chi connectivity index (χ2v) is 6.85. The van der Waals surface area contributed by atoms with Crippen LogP contribution in [0.4, 0.5) is 0 Å². The summed E-state index contributed by atoms with van der Waals surface area (Å²) in [6, 6.07) is 0. The largest absolute Gasteiger partial charge is 0.393 e. The van der Waals surface area contributed by atoms with Crippen LogP contribution >= 0.6 is 0 Å². The van der Waals surface area contributed by atoms with E-state index in [0.717, 1.165) is 6.42 Å². The Morgan fingerprint density at radius 2 is 1.71 bits per heavy atom. The molecular formula is C13H26O. The maximum absolute atomic E-state index is 10.0. The van der Waals surface area contributed by atoms with E-state index in [4.69, 9.17) is 0 Å². The highest BCUT2D eigenvalue weighted by Gasteiger charge is 2.42. The van der Waals surface area contributed by atoms with Crippen LogP contribution in [0, 0.1) is 22.7 Å². The van der Waals surface area contributed by atoms with E-state index in [0.29, 0.717) is 17.3 Å². The van der Waals surface area contributed by atoms with Crippen molar-refractivity contribution >= 4 is 0 Å². The van der Waals surface area contributed by atoms with E-state index in [-0.39, 0.29) is 11.5 Å². The molecule has 0 aromatic carbocycles. The summed E-state index contributed by atoms with van der Waals surface area (Å²) in [6.45, 7) is 13.6. The summed E-state index contributed by atoms with van der Waals surface area (Å²) in [7, 11) is 0. The zero-order valence-corrected chi connectivity index (χ0v) is 10.6. The lowest BCUT2D eigenvalue weighted by molar-refractivity contribution is -0.0512. The SMILES string of the molecule is CC1C(O)CC(C(C)(C)C)CC1(C)C. The Balaban J connectivity index is 2.79. The standard InChI is InChI=1S/C13H26O/c1-9-11(14)7-10(12(2,3)4)8-13(9,5)6/h9-11,14H,7-8H2,1-6H3. The van der Waals surface area contributed by atoms with E-state index in [9.17, 15) is 5.11 Å². The molecule has 1 rings (SSSR count). The number of aliphatic hydroxyl groups excluding tert-OH is 1. The molecule has 1 N–H and O–H groups in total. The van der Waals surface area contributed by atoms with Gasteiger partial charge >= 0.3 is 0 Å². The summed E-state index contributed by atoms with van der Waals surface area (Å²) >= 11 is 0. The topological polar surface area (TPSA) is 20.2 Å². The second-order valence-electron chi connectivity index (χ2n) is 6.85. The van der Waals surface area contributed by atoms with Crippen molar-refractivity contribution in [1.29, 1.82) is 0 Å². The van der Waals surface area contributed by atoms with Gasteiger partial charge in [-0.2, -0.15) is 0 Å². The monoisotopic (exact) mass is 198 g/mol. The van der Waals surface area contributed by atoms with E-state index in [1.165, 1.54) is 6.42 Å². The van der Waals surface area contributed by atoms with Crippen molar-refractivity contribution in [2.75, 3.05) is 0 Å². The molecule has 0 radical (unpaired) electrons. The Hall–Kier alpha value is -0.0400. The summed E-state index contributed by atoms with van der Waals surface area (Å²) in [5.74, 6) is 1.09. The van der Waals surface area contributed by atoms with E-state index in [1.807, 2.05) is 0 Å². The van der Waals surface area contributed by atoms with E-state index in [2.05, 4.69) is 41.5 Å². The number of rotatable bonds is 0. The molecule has 1 aliphatic carbocycles. The van der Waals surface area contributed by atoms with Gasteiger partial charge in [-0.15, -0.1) is 0 Å². The Morgan fingerprint density at radius 3 is 2.07 bits per heavy atom.